The van der Waals surface area contributed by atoms with E-state index in [1.165, 1.54) is 24.5 Å². The Kier molecular flexibility index (Phi) is 5.96. The van der Waals surface area contributed by atoms with Crippen LogP contribution in [0.15, 0.2) is 60.9 Å². The van der Waals surface area contributed by atoms with Crippen LogP contribution in [0.1, 0.15) is 34.6 Å². The number of imidazole rings is 1. The lowest BCUT2D eigenvalue weighted by Gasteiger charge is -2.19. The van der Waals surface area contributed by atoms with Crippen LogP contribution in [-0.2, 0) is 6.54 Å². The molecule has 0 saturated heterocycles. The van der Waals surface area contributed by atoms with Crippen molar-refractivity contribution in [2.24, 2.45) is 5.84 Å². The number of hydrogen-bond acceptors (Lipinski definition) is 7. The van der Waals surface area contributed by atoms with Crippen molar-refractivity contribution in [1.82, 2.24) is 25.9 Å². The highest BCUT2D eigenvalue weighted by Crippen LogP contribution is 2.31. The van der Waals surface area contributed by atoms with Crippen molar-refractivity contribution in [3.8, 4) is 17.0 Å². The maximum Gasteiger partial charge on any atom is 0.573 e. The molecular formula is C23H22F3N8O2+. The quantitative estimate of drug-likeness (QED) is 0.157. The Morgan fingerprint density at radius 1 is 1.22 bits per heavy atom. The van der Waals surface area contributed by atoms with Crippen LogP contribution >= 0.6 is 0 Å². The number of ether oxygens (including phenoxy) is 1. The molecule has 0 fully saturated rings. The van der Waals surface area contributed by atoms with Gasteiger partial charge in [0.05, 0.1) is 29.0 Å². The Morgan fingerprint density at radius 2 is 2.03 bits per heavy atom. The number of hydrogen-bond donors (Lipinski definition) is 5. The highest BCUT2D eigenvalue weighted by atomic mass is 19.4. The van der Waals surface area contributed by atoms with E-state index in [2.05, 4.69) is 31.1 Å². The number of pyridine rings is 1. The van der Waals surface area contributed by atoms with Crippen LogP contribution in [-0.4, -0.2) is 27.4 Å². The van der Waals surface area contributed by atoms with Crippen molar-refractivity contribution in [2.45, 2.75) is 25.9 Å². The summed E-state index contributed by atoms with van der Waals surface area (Å²) in [4.78, 5) is 20.7. The molecule has 10 nitrogen and oxygen atoms in total. The standard InChI is InChI=1S/C23H21F3N8O2/c1-13(16-6-2-3-8-20(16)36-23(24,25)26)30-22(35)17-9-14(10-18-21(17)29-12-28-18)19-7-4-5-15-11-33(31-27)32-34(15)19/h2-10,12-13,31-32H,11,27H2,1H3,(H,30,35)/p+1. The number of rotatable bonds is 6. The van der Waals surface area contributed by atoms with Gasteiger partial charge < -0.3 is 15.0 Å². The molecule has 1 aliphatic heterocycles. The van der Waals surface area contributed by atoms with Gasteiger partial charge in [0.1, 0.15) is 17.8 Å². The van der Waals surface area contributed by atoms with Crippen LogP contribution in [0.25, 0.3) is 22.3 Å². The highest BCUT2D eigenvalue weighted by molar-refractivity contribution is 6.06. The van der Waals surface area contributed by atoms with Crippen molar-refractivity contribution in [2.75, 3.05) is 5.53 Å². The van der Waals surface area contributed by atoms with Gasteiger partial charge >= 0.3 is 6.36 Å². The van der Waals surface area contributed by atoms with E-state index in [9.17, 15) is 18.0 Å². The predicted octanol–water partition coefficient (Wildman–Crippen LogP) is 2.56. The van der Waals surface area contributed by atoms with Gasteiger partial charge in [0.15, 0.2) is 0 Å². The zero-order chi connectivity index (χ0) is 25.4. The number of nitrogens with zero attached hydrogens (tertiary/aromatic N) is 3. The minimum atomic E-state index is -4.86. The third-order valence-corrected chi connectivity index (χ3v) is 5.79. The van der Waals surface area contributed by atoms with Gasteiger partial charge in [0.2, 0.25) is 11.4 Å². The number of para-hydroxylation sites is 1. The van der Waals surface area contributed by atoms with Gasteiger partial charge in [-0.05, 0) is 31.2 Å². The zero-order valence-corrected chi connectivity index (χ0v) is 18.9. The van der Waals surface area contributed by atoms with Gasteiger partial charge in [-0.25, -0.2) is 4.98 Å². The summed E-state index contributed by atoms with van der Waals surface area (Å²) in [5, 5.41) is 4.36. The number of benzene rings is 2. The number of aromatic amines is 1. The number of alkyl halides is 3. The summed E-state index contributed by atoms with van der Waals surface area (Å²) >= 11 is 0. The number of H-pyrrole nitrogens is 1. The summed E-state index contributed by atoms with van der Waals surface area (Å²) in [7, 11) is 0. The molecular weight excluding hydrogens is 477 g/mol. The molecule has 5 rings (SSSR count). The van der Waals surface area contributed by atoms with Crippen LogP contribution in [0, 0.1) is 0 Å². The number of nitrogens with one attached hydrogen (secondary N) is 4. The molecule has 0 radical (unpaired) electrons. The van der Waals surface area contributed by atoms with E-state index in [0.29, 0.717) is 23.1 Å². The van der Waals surface area contributed by atoms with Gasteiger partial charge in [-0.3, -0.25) is 10.6 Å². The molecule has 36 heavy (non-hydrogen) atoms. The number of aromatic nitrogens is 3. The normalized spacial score (nSPS) is 14.4. The fourth-order valence-electron chi connectivity index (χ4n) is 4.19. The smallest absolute Gasteiger partial charge is 0.405 e. The number of fused-ring (bicyclic) bond motifs is 2. The third-order valence-electron chi connectivity index (χ3n) is 5.79. The van der Waals surface area contributed by atoms with Gasteiger partial charge in [0.25, 0.3) is 5.91 Å². The largest absolute Gasteiger partial charge is 0.573 e. The van der Waals surface area contributed by atoms with Crippen LogP contribution in [0.2, 0.25) is 0 Å². The first-order chi connectivity index (χ1) is 17.2. The zero-order valence-electron chi connectivity index (χ0n) is 18.9. The van der Waals surface area contributed by atoms with Crippen LogP contribution < -0.4 is 31.6 Å². The van der Waals surface area contributed by atoms with Crippen molar-refractivity contribution in [3.63, 3.8) is 0 Å². The molecule has 0 spiro atoms. The van der Waals surface area contributed by atoms with E-state index in [1.54, 1.807) is 24.2 Å². The van der Waals surface area contributed by atoms with E-state index in [4.69, 9.17) is 5.84 Å². The maximum atomic E-state index is 13.4. The number of carbonyl (C=O) groups is 1. The summed E-state index contributed by atoms with van der Waals surface area (Å²) < 4.78 is 44.5. The van der Waals surface area contributed by atoms with E-state index < -0.39 is 18.3 Å². The SMILES string of the molecule is CC(NC(=O)c1cc(-c2cccc3[n+]2NN(NN)C3)cc2[nH]cnc12)c1ccccc1OC(F)(F)F. The fourth-order valence-corrected chi connectivity index (χ4v) is 4.19. The Bertz CT molecular complexity index is 1440. The molecule has 0 saturated carbocycles. The molecule has 6 N–H and O–H groups in total. The summed E-state index contributed by atoms with van der Waals surface area (Å²) in [5.41, 5.74) is 9.53. The summed E-state index contributed by atoms with van der Waals surface area (Å²) in [6.07, 6.45) is -3.38. The third kappa shape index (κ3) is 4.54. The van der Waals surface area contributed by atoms with Crippen molar-refractivity contribution in [3.05, 3.63) is 77.7 Å². The summed E-state index contributed by atoms with van der Waals surface area (Å²) in [5.74, 6) is 4.65. The number of nitrogens with two attached hydrogens (primary N) is 1. The van der Waals surface area contributed by atoms with Crippen molar-refractivity contribution < 1.29 is 27.4 Å². The molecule has 2 aromatic carbocycles. The number of amides is 1. The number of halogens is 3. The molecule has 1 atom stereocenters. The van der Waals surface area contributed by atoms with E-state index in [0.717, 1.165) is 11.4 Å². The molecule has 1 aliphatic rings. The van der Waals surface area contributed by atoms with Crippen molar-refractivity contribution >= 4 is 16.9 Å². The molecule has 3 heterocycles. The Labute approximate surface area is 202 Å². The highest BCUT2D eigenvalue weighted by Gasteiger charge is 2.33. The molecule has 186 valence electrons. The van der Waals surface area contributed by atoms with Gasteiger partial charge in [-0.1, -0.05) is 28.0 Å². The first-order valence-corrected chi connectivity index (χ1v) is 10.9. The average Bonchev–Trinajstić information content (AvgIpc) is 3.49. The monoisotopic (exact) mass is 499 g/mol. The van der Waals surface area contributed by atoms with Crippen molar-refractivity contribution in [1.29, 1.82) is 0 Å². The van der Waals surface area contributed by atoms with E-state index in [-0.39, 0.29) is 16.9 Å². The molecule has 1 amide bonds. The van der Waals surface area contributed by atoms with E-state index >= 15 is 0 Å². The maximum absolute atomic E-state index is 13.4. The molecule has 4 aromatic rings. The van der Waals surface area contributed by atoms with Crippen LogP contribution in [0.5, 0.6) is 5.75 Å². The number of hydrazine groups is 3. The lowest BCUT2D eigenvalue weighted by molar-refractivity contribution is -0.646. The molecule has 2 aromatic heterocycles. The van der Waals surface area contributed by atoms with E-state index in [1.807, 2.05) is 28.9 Å². The first kappa shape index (κ1) is 23.5. The first-order valence-electron chi connectivity index (χ1n) is 10.9. The minimum Gasteiger partial charge on any atom is -0.405 e. The predicted molar refractivity (Wildman–Crippen MR) is 123 cm³/mol. The van der Waals surface area contributed by atoms with Gasteiger partial charge in [0, 0.05) is 17.7 Å². The molecule has 0 aliphatic carbocycles. The fraction of sp³-hybridized carbons (Fsp3) is 0.174. The summed E-state index contributed by atoms with van der Waals surface area (Å²) in [6.45, 7) is 2.08. The van der Waals surface area contributed by atoms with Crippen LogP contribution in [0.4, 0.5) is 13.2 Å². The minimum absolute atomic E-state index is 0.188. The lowest BCUT2D eigenvalue weighted by Crippen LogP contribution is -2.54. The summed E-state index contributed by atoms with van der Waals surface area (Å²) in [6, 6.07) is 14.1. The average molecular weight is 499 g/mol. The Hall–Kier alpha value is -4.20. The van der Waals surface area contributed by atoms with Gasteiger partial charge in [-0.15, -0.1) is 18.7 Å². The second-order valence-corrected chi connectivity index (χ2v) is 8.16. The number of carbonyl (C=O) groups excluding carboxylic acids is 1. The second-order valence-electron chi connectivity index (χ2n) is 8.16. The molecule has 1 unspecified atom stereocenters. The Balaban J connectivity index is 1.49. The second kappa shape index (κ2) is 9.11. The molecule has 13 heteroatoms. The van der Waals surface area contributed by atoms with Gasteiger partial charge in [-0.2, -0.15) is 5.53 Å². The van der Waals surface area contributed by atoms with Crippen LogP contribution in [0.3, 0.4) is 0 Å². The topological polar surface area (TPSA) is 124 Å². The Morgan fingerprint density at radius 3 is 2.81 bits per heavy atom. The lowest BCUT2D eigenvalue weighted by atomic mass is 10.0. The molecule has 0 bridgehead atoms.